The van der Waals surface area contributed by atoms with Crippen LogP contribution < -0.4 is 16.6 Å². The molecule has 4 aliphatic heterocycles. The van der Waals surface area contributed by atoms with Crippen molar-refractivity contribution in [2.45, 2.75) is 24.4 Å². The van der Waals surface area contributed by atoms with Crippen molar-refractivity contribution in [1.82, 2.24) is 30.8 Å². The molecule has 21 nitrogen and oxygen atoms in total. The summed E-state index contributed by atoms with van der Waals surface area (Å²) >= 11 is 3.28. The summed E-state index contributed by atoms with van der Waals surface area (Å²) in [4.78, 5) is 77.4. The van der Waals surface area contributed by atoms with E-state index in [9.17, 15) is 54.6 Å². The minimum atomic E-state index is -2.01. The summed E-state index contributed by atoms with van der Waals surface area (Å²) in [5.74, 6) is -6.92. The summed E-state index contributed by atoms with van der Waals surface area (Å²) in [5, 5.41) is 67.9. The quantitative estimate of drug-likeness (QED) is 0.0656. The van der Waals surface area contributed by atoms with E-state index in [-0.39, 0.29) is 33.6 Å². The summed E-state index contributed by atoms with van der Waals surface area (Å²) in [6, 6.07) is 0.364. The minimum absolute atomic E-state index is 0.00689. The number of hydrogen-bond donors (Lipinski definition) is 9. The van der Waals surface area contributed by atoms with Crippen molar-refractivity contribution in [3.8, 4) is 17.2 Å². The maximum absolute atomic E-state index is 13.5. The zero-order valence-corrected chi connectivity index (χ0v) is 28.6. The first-order chi connectivity index (χ1) is 24.6. The van der Waals surface area contributed by atoms with Crippen LogP contribution in [0.1, 0.15) is 24.3 Å². The number of aromatic hydroxyl groups is 3. The lowest BCUT2D eigenvalue weighted by Crippen LogP contribution is -2.71. The van der Waals surface area contributed by atoms with Gasteiger partial charge in [-0.2, -0.15) is 5.01 Å². The van der Waals surface area contributed by atoms with Crippen molar-refractivity contribution in [1.29, 1.82) is 0 Å². The molecule has 0 spiro atoms. The number of carboxylic acids is 2. The van der Waals surface area contributed by atoms with Gasteiger partial charge in [0.15, 0.2) is 33.9 Å². The molecule has 2 aromatic rings. The van der Waals surface area contributed by atoms with Crippen LogP contribution in [0.3, 0.4) is 0 Å². The average Bonchev–Trinajstić information content (AvgIpc) is 3.72. The van der Waals surface area contributed by atoms with Gasteiger partial charge in [0.2, 0.25) is 6.10 Å². The van der Waals surface area contributed by atoms with Crippen LogP contribution in [0.15, 0.2) is 62.1 Å². The number of nitrogen functional groups attached to an aromatic ring is 1. The van der Waals surface area contributed by atoms with Gasteiger partial charge in [-0.05, 0) is 30.7 Å². The summed E-state index contributed by atoms with van der Waals surface area (Å²) in [6.07, 6.45) is -0.328. The molecule has 24 heteroatoms. The van der Waals surface area contributed by atoms with Crippen LogP contribution in [0.5, 0.6) is 17.2 Å². The number of carboxylic acid groups (broad SMARTS) is 3. The normalized spacial score (nSPS) is 20.2. The Morgan fingerprint density at radius 1 is 1.19 bits per heavy atom. The van der Waals surface area contributed by atoms with Crippen LogP contribution in [0.4, 0.5) is 9.93 Å². The molecule has 1 fully saturated rings. The second-order valence-electron chi connectivity index (χ2n) is 11.0. The number of rotatable bonds is 11. The van der Waals surface area contributed by atoms with Gasteiger partial charge in [0.1, 0.15) is 22.8 Å². The van der Waals surface area contributed by atoms with E-state index in [0.717, 1.165) is 33.4 Å². The summed E-state index contributed by atoms with van der Waals surface area (Å²) < 4.78 is 0. The molecule has 10 N–H and O–H groups in total. The SMILES string of the molecule is CC1=NC2=CN(C(=O)O)NN2C(SCC2=C(C(=O)O)N3C(=O)[C@@H](NC(=O)/C(=N\OC(C(=O)O)c4cc(O)c(O)c(O)c4)c4csc(N)n4)[C@H]3SC2)=C1. The van der Waals surface area contributed by atoms with E-state index in [1.165, 1.54) is 40.1 Å². The monoisotopic (exact) mass is 775 g/mol. The number of benzene rings is 1. The Bertz CT molecular complexity index is 2060. The van der Waals surface area contributed by atoms with Gasteiger partial charge in [0, 0.05) is 28.2 Å². The number of phenols is 3. The lowest BCUT2D eigenvalue weighted by Gasteiger charge is -2.49. The molecule has 272 valence electrons. The van der Waals surface area contributed by atoms with Gasteiger partial charge >= 0.3 is 18.0 Å². The van der Waals surface area contributed by atoms with Gasteiger partial charge in [0.25, 0.3) is 11.8 Å². The van der Waals surface area contributed by atoms with Crippen LogP contribution in [0, 0.1) is 0 Å². The van der Waals surface area contributed by atoms with Gasteiger partial charge in [-0.1, -0.05) is 5.16 Å². The topological polar surface area (TPSA) is 313 Å². The number of nitrogens with zero attached hydrogens (tertiary/aromatic N) is 6. The molecule has 3 amide bonds. The predicted octanol–water partition coefficient (Wildman–Crippen LogP) is 0.691. The summed E-state index contributed by atoms with van der Waals surface area (Å²) in [5.41, 5.74) is 7.95. The van der Waals surface area contributed by atoms with Crippen molar-refractivity contribution in [2.75, 3.05) is 17.2 Å². The third-order valence-electron chi connectivity index (χ3n) is 7.51. The number of oxime groups is 1. The number of phenolic OH excluding ortho intramolecular Hbond substituents is 3. The number of carbonyl (C=O) groups excluding carboxylic acids is 2. The molecule has 0 aliphatic carbocycles. The highest BCUT2D eigenvalue weighted by Gasteiger charge is 2.54. The van der Waals surface area contributed by atoms with E-state index >= 15 is 0 Å². The number of thioether (sulfide) groups is 2. The summed E-state index contributed by atoms with van der Waals surface area (Å²) in [7, 11) is 0. The highest BCUT2D eigenvalue weighted by atomic mass is 32.2. The van der Waals surface area contributed by atoms with E-state index in [4.69, 9.17) is 10.6 Å². The molecular formula is C28H25N9O12S3. The van der Waals surface area contributed by atoms with Gasteiger partial charge in [-0.15, -0.1) is 40.4 Å². The highest BCUT2D eigenvalue weighted by Crippen LogP contribution is 2.43. The number of amides is 3. The molecule has 0 bridgehead atoms. The van der Waals surface area contributed by atoms with E-state index in [2.05, 4.69) is 26.0 Å². The lowest BCUT2D eigenvalue weighted by atomic mass is 10.0. The summed E-state index contributed by atoms with van der Waals surface area (Å²) in [6.45, 7) is 1.71. The highest BCUT2D eigenvalue weighted by molar-refractivity contribution is 8.03. The van der Waals surface area contributed by atoms with Crippen molar-refractivity contribution in [2.24, 2.45) is 10.1 Å². The predicted molar refractivity (Wildman–Crippen MR) is 182 cm³/mol. The molecule has 3 atom stereocenters. The molecule has 1 aromatic carbocycles. The number of anilines is 1. The molecule has 0 saturated carbocycles. The van der Waals surface area contributed by atoms with Crippen LogP contribution >= 0.6 is 34.9 Å². The number of nitrogens with one attached hydrogen (secondary N) is 2. The molecule has 0 radical (unpaired) electrons. The number of hydrazine groups is 2. The van der Waals surface area contributed by atoms with Gasteiger partial charge < -0.3 is 46.5 Å². The van der Waals surface area contributed by atoms with E-state index < -0.39 is 70.3 Å². The number of carbonyl (C=O) groups is 5. The Morgan fingerprint density at radius 3 is 2.52 bits per heavy atom. The third kappa shape index (κ3) is 6.73. The number of allylic oxidation sites excluding steroid dienone is 1. The van der Waals surface area contributed by atoms with Crippen molar-refractivity contribution in [3.05, 3.63) is 63.2 Å². The Hall–Kier alpha value is -5.98. The maximum Gasteiger partial charge on any atom is 0.427 e. The average molecular weight is 776 g/mol. The molecule has 52 heavy (non-hydrogen) atoms. The van der Waals surface area contributed by atoms with Gasteiger partial charge in [-0.25, -0.2) is 29.4 Å². The number of fused-ring (bicyclic) bond motifs is 2. The molecule has 1 aromatic heterocycles. The Labute approximate surface area is 303 Å². The van der Waals surface area contributed by atoms with Crippen molar-refractivity contribution >= 4 is 81.3 Å². The van der Waals surface area contributed by atoms with Crippen LogP contribution in [0.2, 0.25) is 0 Å². The van der Waals surface area contributed by atoms with E-state index in [0.29, 0.717) is 22.1 Å². The van der Waals surface area contributed by atoms with Crippen LogP contribution in [-0.2, 0) is 24.0 Å². The van der Waals surface area contributed by atoms with Gasteiger partial charge in [0.05, 0.1) is 11.2 Å². The molecule has 1 saturated heterocycles. The fourth-order valence-corrected chi connectivity index (χ4v) is 8.26. The lowest BCUT2D eigenvalue weighted by molar-refractivity contribution is -0.151. The number of β-lactam (4-membered cyclic amide) rings is 1. The first-order valence-electron chi connectivity index (χ1n) is 14.5. The van der Waals surface area contributed by atoms with E-state index in [1.807, 2.05) is 0 Å². The smallest absolute Gasteiger partial charge is 0.427 e. The molecular weight excluding hydrogens is 751 g/mol. The van der Waals surface area contributed by atoms with Crippen molar-refractivity contribution in [3.63, 3.8) is 0 Å². The van der Waals surface area contributed by atoms with Gasteiger partial charge in [-0.3, -0.25) is 14.5 Å². The van der Waals surface area contributed by atoms with Crippen LogP contribution in [0.25, 0.3) is 0 Å². The second-order valence-corrected chi connectivity index (χ2v) is 14.0. The number of thiazole rings is 1. The zero-order chi connectivity index (χ0) is 37.6. The zero-order valence-electron chi connectivity index (χ0n) is 26.2. The maximum atomic E-state index is 13.5. The molecule has 5 heterocycles. The van der Waals surface area contributed by atoms with Crippen molar-refractivity contribution < 1.29 is 59.4 Å². The molecule has 1 unspecified atom stereocenters. The number of aliphatic carboxylic acids is 2. The number of aromatic nitrogens is 1. The minimum Gasteiger partial charge on any atom is -0.504 e. The standard InChI is InChI=1S/C28H25N9O12S3/c1-9-2-16(37-15(30-9)5-35(34-37)28(47)48)50-6-11-7-51-24-18(23(42)36(24)19(11)25(43)44)32-22(41)17(12-8-52-27(29)31-12)33-49-21(26(45)46)10-3-13(38)20(40)14(39)4-10/h2-5,8,18,21,24,34,38-40H,6-7H2,1H3,(H2,29,31)(H,32,41)(H,43,44)(H,45,46)(H,47,48)/b33-17-/t18-,21?,24-/m1/s1. The van der Waals surface area contributed by atoms with Crippen LogP contribution in [-0.4, -0.2) is 115 Å². The fourth-order valence-electron chi connectivity index (χ4n) is 5.16. The van der Waals surface area contributed by atoms with E-state index in [1.54, 1.807) is 13.0 Å². The Balaban J connectivity index is 1.19. The fraction of sp³-hybridized carbons (Fsp3) is 0.214. The number of hydrogen-bond acceptors (Lipinski definition) is 18. The largest absolute Gasteiger partial charge is 0.504 e. The first-order valence-corrected chi connectivity index (χ1v) is 17.4. The second kappa shape index (κ2) is 14.0. The molecule has 6 rings (SSSR count). The Morgan fingerprint density at radius 2 is 1.90 bits per heavy atom. The first kappa shape index (κ1) is 35.8. The molecule has 4 aliphatic rings. The number of aliphatic imine (C=N–C) groups is 1. The number of nitrogens with two attached hydrogens (primary N) is 1. The Kier molecular flexibility index (Phi) is 9.63. The third-order valence-corrected chi connectivity index (χ3v) is 10.6.